The fourth-order valence-electron chi connectivity index (χ4n) is 3.86. The summed E-state index contributed by atoms with van der Waals surface area (Å²) in [5, 5.41) is 5.39. The SMILES string of the molecule is CNC(=O)[C@H](CC(C)C)NC(=O)c1nc(-c2ccc(F)c(F)c2)n2c1CN(C)CCC2. The Balaban J connectivity index is 2.03. The van der Waals surface area contributed by atoms with E-state index in [4.69, 9.17) is 0 Å². The quantitative estimate of drug-likeness (QED) is 0.734. The highest BCUT2D eigenvalue weighted by atomic mass is 19.2. The Morgan fingerprint density at radius 3 is 2.58 bits per heavy atom. The van der Waals surface area contributed by atoms with Gasteiger partial charge in [-0.2, -0.15) is 0 Å². The van der Waals surface area contributed by atoms with Crippen molar-refractivity contribution in [3.63, 3.8) is 0 Å². The second-order valence-electron chi connectivity index (χ2n) is 8.37. The van der Waals surface area contributed by atoms with Crippen molar-refractivity contribution in [3.05, 3.63) is 41.2 Å². The Labute approximate surface area is 180 Å². The van der Waals surface area contributed by atoms with Crippen LogP contribution in [-0.4, -0.2) is 52.9 Å². The van der Waals surface area contributed by atoms with E-state index in [-0.39, 0.29) is 17.5 Å². The summed E-state index contributed by atoms with van der Waals surface area (Å²) in [6.45, 7) is 5.85. The number of amides is 2. The van der Waals surface area contributed by atoms with Gasteiger partial charge in [0, 0.05) is 25.7 Å². The fraction of sp³-hybridized carbons (Fsp3) is 0.500. The number of nitrogens with one attached hydrogen (secondary N) is 2. The first-order valence-corrected chi connectivity index (χ1v) is 10.5. The van der Waals surface area contributed by atoms with Gasteiger partial charge in [0.25, 0.3) is 5.91 Å². The number of nitrogens with zero attached hydrogens (tertiary/aromatic N) is 3. The number of hydrogen-bond acceptors (Lipinski definition) is 4. The molecule has 1 aromatic carbocycles. The molecule has 1 aromatic heterocycles. The molecule has 3 rings (SSSR count). The Kier molecular flexibility index (Phi) is 7.04. The van der Waals surface area contributed by atoms with Gasteiger partial charge in [0.15, 0.2) is 17.3 Å². The van der Waals surface area contributed by atoms with Crippen LogP contribution >= 0.6 is 0 Å². The van der Waals surface area contributed by atoms with Gasteiger partial charge in [0.2, 0.25) is 5.91 Å². The van der Waals surface area contributed by atoms with E-state index < -0.39 is 23.6 Å². The molecule has 7 nitrogen and oxygen atoms in total. The molecule has 0 bridgehead atoms. The molecule has 1 aliphatic rings. The van der Waals surface area contributed by atoms with Crippen molar-refractivity contribution in [2.45, 2.75) is 45.8 Å². The van der Waals surface area contributed by atoms with E-state index in [2.05, 4.69) is 20.5 Å². The molecule has 168 valence electrons. The van der Waals surface area contributed by atoms with Crippen LogP contribution < -0.4 is 10.6 Å². The van der Waals surface area contributed by atoms with Crippen LogP contribution in [-0.2, 0) is 17.9 Å². The van der Waals surface area contributed by atoms with Gasteiger partial charge < -0.3 is 20.1 Å². The summed E-state index contributed by atoms with van der Waals surface area (Å²) in [7, 11) is 3.48. The van der Waals surface area contributed by atoms with Gasteiger partial charge in [-0.15, -0.1) is 0 Å². The van der Waals surface area contributed by atoms with Crippen LogP contribution in [0.5, 0.6) is 0 Å². The summed E-state index contributed by atoms with van der Waals surface area (Å²) in [6, 6.07) is 2.91. The maximum Gasteiger partial charge on any atom is 0.272 e. The zero-order valence-electron chi connectivity index (χ0n) is 18.3. The first kappa shape index (κ1) is 22.9. The maximum absolute atomic E-state index is 13.9. The first-order valence-electron chi connectivity index (χ1n) is 10.5. The average molecular weight is 434 g/mol. The number of carbonyl (C=O) groups is 2. The number of fused-ring (bicyclic) bond motifs is 1. The van der Waals surface area contributed by atoms with Crippen molar-refractivity contribution >= 4 is 11.8 Å². The summed E-state index contributed by atoms with van der Waals surface area (Å²) in [4.78, 5) is 32.1. The Morgan fingerprint density at radius 1 is 1.19 bits per heavy atom. The lowest BCUT2D eigenvalue weighted by molar-refractivity contribution is -0.122. The highest BCUT2D eigenvalue weighted by molar-refractivity contribution is 5.97. The summed E-state index contributed by atoms with van der Waals surface area (Å²) in [6.07, 6.45) is 1.31. The Morgan fingerprint density at radius 2 is 1.94 bits per heavy atom. The summed E-state index contributed by atoms with van der Waals surface area (Å²) in [5.74, 6) is -2.03. The third-order valence-corrected chi connectivity index (χ3v) is 5.38. The molecule has 2 heterocycles. The van der Waals surface area contributed by atoms with Crippen LogP contribution in [0.2, 0.25) is 0 Å². The molecule has 0 unspecified atom stereocenters. The van der Waals surface area contributed by atoms with E-state index >= 15 is 0 Å². The van der Waals surface area contributed by atoms with Gasteiger partial charge in [-0.25, -0.2) is 13.8 Å². The van der Waals surface area contributed by atoms with Crippen molar-refractivity contribution in [3.8, 4) is 11.4 Å². The first-order chi connectivity index (χ1) is 14.7. The summed E-state index contributed by atoms with van der Waals surface area (Å²) >= 11 is 0. The van der Waals surface area contributed by atoms with E-state index in [0.29, 0.717) is 36.6 Å². The zero-order chi connectivity index (χ0) is 22.7. The number of halogens is 2. The van der Waals surface area contributed by atoms with Gasteiger partial charge in [-0.3, -0.25) is 9.59 Å². The minimum absolute atomic E-state index is 0.200. The van der Waals surface area contributed by atoms with Crippen LogP contribution in [0.3, 0.4) is 0 Å². The van der Waals surface area contributed by atoms with Crippen molar-refractivity contribution in [2.24, 2.45) is 5.92 Å². The van der Waals surface area contributed by atoms with E-state index in [1.807, 2.05) is 25.5 Å². The Hall–Kier alpha value is -2.81. The normalized spacial score (nSPS) is 15.3. The van der Waals surface area contributed by atoms with Crippen molar-refractivity contribution in [1.29, 1.82) is 0 Å². The molecule has 0 fully saturated rings. The molecular weight excluding hydrogens is 404 g/mol. The lowest BCUT2D eigenvalue weighted by Gasteiger charge is -2.19. The number of rotatable bonds is 6. The smallest absolute Gasteiger partial charge is 0.272 e. The minimum atomic E-state index is -0.969. The van der Waals surface area contributed by atoms with Gasteiger partial charge in [0.1, 0.15) is 11.9 Å². The van der Waals surface area contributed by atoms with E-state index in [9.17, 15) is 18.4 Å². The number of imidazole rings is 1. The van der Waals surface area contributed by atoms with Crippen molar-refractivity contribution in [2.75, 3.05) is 20.6 Å². The fourth-order valence-corrected chi connectivity index (χ4v) is 3.86. The summed E-state index contributed by atoms with van der Waals surface area (Å²) < 4.78 is 29.2. The largest absolute Gasteiger partial charge is 0.357 e. The number of hydrogen-bond donors (Lipinski definition) is 2. The zero-order valence-corrected chi connectivity index (χ0v) is 18.3. The van der Waals surface area contributed by atoms with Crippen LogP contribution in [0.1, 0.15) is 42.9 Å². The third kappa shape index (κ3) is 5.10. The van der Waals surface area contributed by atoms with Crippen LogP contribution in [0, 0.1) is 17.6 Å². The molecule has 1 aliphatic heterocycles. The highest BCUT2D eigenvalue weighted by Gasteiger charge is 2.29. The van der Waals surface area contributed by atoms with Gasteiger partial charge in [0.05, 0.1) is 5.69 Å². The van der Waals surface area contributed by atoms with Crippen LogP contribution in [0.15, 0.2) is 18.2 Å². The standard InChI is InChI=1S/C22H29F2N5O2/c1-13(2)10-17(21(30)25-3)26-22(31)19-18-12-28(4)8-5-9-29(18)20(27-19)14-6-7-15(23)16(24)11-14/h6-7,11,13,17H,5,8-10,12H2,1-4H3,(H,25,30)(H,26,31)/t17-/m0/s1. The maximum atomic E-state index is 13.9. The van der Waals surface area contributed by atoms with Gasteiger partial charge >= 0.3 is 0 Å². The third-order valence-electron chi connectivity index (χ3n) is 5.38. The predicted molar refractivity (Wildman–Crippen MR) is 113 cm³/mol. The topological polar surface area (TPSA) is 79.3 Å². The molecule has 2 amide bonds. The lowest BCUT2D eigenvalue weighted by atomic mass is 10.0. The predicted octanol–water partition coefficient (Wildman–Crippen LogP) is 2.55. The lowest BCUT2D eigenvalue weighted by Crippen LogP contribution is -2.46. The highest BCUT2D eigenvalue weighted by Crippen LogP contribution is 2.27. The van der Waals surface area contributed by atoms with Crippen molar-refractivity contribution < 1.29 is 18.4 Å². The Bertz CT molecular complexity index is 973. The number of aromatic nitrogens is 2. The van der Waals surface area contributed by atoms with E-state index in [1.165, 1.54) is 13.1 Å². The molecule has 2 N–H and O–H groups in total. The van der Waals surface area contributed by atoms with E-state index in [1.54, 1.807) is 0 Å². The molecule has 0 radical (unpaired) electrons. The molecule has 31 heavy (non-hydrogen) atoms. The van der Waals surface area contributed by atoms with Crippen molar-refractivity contribution in [1.82, 2.24) is 25.1 Å². The molecule has 9 heteroatoms. The van der Waals surface area contributed by atoms with E-state index in [0.717, 1.165) is 25.1 Å². The second kappa shape index (κ2) is 9.55. The molecule has 0 spiro atoms. The molecule has 0 aliphatic carbocycles. The molecule has 0 saturated heterocycles. The number of likely N-dealkylation sites (N-methyl/N-ethyl adjacent to an activating group) is 1. The minimum Gasteiger partial charge on any atom is -0.357 e. The average Bonchev–Trinajstić information content (AvgIpc) is 2.95. The molecule has 0 saturated carbocycles. The molecular formula is C22H29F2N5O2. The monoisotopic (exact) mass is 433 g/mol. The second-order valence-corrected chi connectivity index (χ2v) is 8.37. The molecule has 2 aromatic rings. The number of carbonyl (C=O) groups excluding carboxylic acids is 2. The van der Waals surface area contributed by atoms with Crippen LogP contribution in [0.25, 0.3) is 11.4 Å². The number of benzene rings is 1. The van der Waals surface area contributed by atoms with Crippen LogP contribution in [0.4, 0.5) is 8.78 Å². The summed E-state index contributed by atoms with van der Waals surface area (Å²) in [5.41, 5.74) is 1.29. The van der Waals surface area contributed by atoms with Gasteiger partial charge in [-0.1, -0.05) is 13.8 Å². The molecule has 1 atom stereocenters. The van der Waals surface area contributed by atoms with Gasteiger partial charge in [-0.05, 0) is 50.6 Å².